The van der Waals surface area contributed by atoms with E-state index in [0.717, 1.165) is 61.0 Å². The molecule has 8 heteroatoms. The van der Waals surface area contributed by atoms with Crippen molar-refractivity contribution in [1.82, 2.24) is 19.7 Å². The summed E-state index contributed by atoms with van der Waals surface area (Å²) in [5, 5.41) is 18.5. The number of nitrogens with two attached hydrogens (primary N) is 1. The molecule has 2 heterocycles. The van der Waals surface area contributed by atoms with Crippen LogP contribution in [-0.4, -0.2) is 38.5 Å². The molecule has 1 saturated carbocycles. The zero-order chi connectivity index (χ0) is 20.4. The molecular formula is C21H28N6O2. The summed E-state index contributed by atoms with van der Waals surface area (Å²) in [7, 11) is 1.65. The Hall–Kier alpha value is -2.87. The third kappa shape index (κ3) is 3.72. The van der Waals surface area contributed by atoms with E-state index >= 15 is 0 Å². The molecule has 4 N–H and O–H groups in total. The van der Waals surface area contributed by atoms with Gasteiger partial charge in [0.15, 0.2) is 5.82 Å². The molecule has 0 unspecified atom stereocenters. The van der Waals surface area contributed by atoms with Crippen molar-refractivity contribution in [3.63, 3.8) is 0 Å². The summed E-state index contributed by atoms with van der Waals surface area (Å²) in [5.74, 6) is 1.66. The lowest BCUT2D eigenvalue weighted by molar-refractivity contribution is -0.0389. The number of aliphatic hydroxyl groups is 1. The van der Waals surface area contributed by atoms with Crippen molar-refractivity contribution < 1.29 is 9.84 Å². The SMILES string of the molecule is CCCCNc1nc(N)nc2cnn(Cc3ccc(C4(O)CCC4)cc3OC)c12. The summed E-state index contributed by atoms with van der Waals surface area (Å²) in [6, 6.07) is 5.92. The third-order valence-corrected chi connectivity index (χ3v) is 5.65. The molecule has 4 rings (SSSR count). The number of benzene rings is 1. The predicted molar refractivity (Wildman–Crippen MR) is 113 cm³/mol. The van der Waals surface area contributed by atoms with Crippen LogP contribution >= 0.6 is 0 Å². The fraction of sp³-hybridized carbons (Fsp3) is 0.476. The first-order valence-corrected chi connectivity index (χ1v) is 10.2. The van der Waals surface area contributed by atoms with Crippen LogP contribution in [0.3, 0.4) is 0 Å². The Morgan fingerprint density at radius 2 is 2.14 bits per heavy atom. The molecular weight excluding hydrogens is 368 g/mol. The van der Waals surface area contributed by atoms with Gasteiger partial charge in [-0.05, 0) is 37.3 Å². The third-order valence-electron chi connectivity index (χ3n) is 5.65. The second kappa shape index (κ2) is 7.87. The maximum absolute atomic E-state index is 10.6. The van der Waals surface area contributed by atoms with Crippen molar-refractivity contribution in [2.24, 2.45) is 0 Å². The normalized spacial score (nSPS) is 15.3. The highest BCUT2D eigenvalue weighted by molar-refractivity contribution is 5.86. The van der Waals surface area contributed by atoms with Crippen LogP contribution in [0.2, 0.25) is 0 Å². The predicted octanol–water partition coefficient (Wildman–Crippen LogP) is 3.05. The van der Waals surface area contributed by atoms with Gasteiger partial charge in [-0.1, -0.05) is 25.5 Å². The van der Waals surface area contributed by atoms with Crippen molar-refractivity contribution in [2.75, 3.05) is 24.7 Å². The van der Waals surface area contributed by atoms with Crippen LogP contribution in [0.15, 0.2) is 24.4 Å². The second-order valence-corrected chi connectivity index (χ2v) is 7.66. The van der Waals surface area contributed by atoms with Crippen molar-refractivity contribution >= 4 is 22.8 Å². The Morgan fingerprint density at radius 1 is 1.31 bits per heavy atom. The van der Waals surface area contributed by atoms with E-state index < -0.39 is 5.60 Å². The number of methoxy groups -OCH3 is 1. The molecule has 2 aromatic heterocycles. The van der Waals surface area contributed by atoms with Crippen LogP contribution in [0.5, 0.6) is 5.75 Å². The Kier molecular flexibility index (Phi) is 5.27. The molecule has 1 aliphatic carbocycles. The highest BCUT2D eigenvalue weighted by Gasteiger charge is 2.36. The summed E-state index contributed by atoms with van der Waals surface area (Å²) in [6.45, 7) is 3.46. The average Bonchev–Trinajstić information content (AvgIpc) is 3.09. The van der Waals surface area contributed by atoms with E-state index in [4.69, 9.17) is 10.5 Å². The van der Waals surface area contributed by atoms with Gasteiger partial charge in [-0.3, -0.25) is 4.68 Å². The molecule has 3 aromatic rings. The van der Waals surface area contributed by atoms with Gasteiger partial charge in [0, 0.05) is 12.1 Å². The van der Waals surface area contributed by atoms with Gasteiger partial charge in [0.2, 0.25) is 5.95 Å². The highest BCUT2D eigenvalue weighted by atomic mass is 16.5. The van der Waals surface area contributed by atoms with Crippen molar-refractivity contribution in [1.29, 1.82) is 0 Å². The number of nitrogens with zero attached hydrogens (tertiary/aromatic N) is 4. The summed E-state index contributed by atoms with van der Waals surface area (Å²) in [5.41, 5.74) is 8.56. The van der Waals surface area contributed by atoms with E-state index in [1.807, 2.05) is 22.9 Å². The van der Waals surface area contributed by atoms with E-state index in [0.29, 0.717) is 17.9 Å². The standard InChI is InChI=1S/C21H28N6O2/c1-3-4-10-23-19-18-16(25-20(22)26-19)12-24-27(18)13-14-6-7-15(11-17(14)29-2)21(28)8-5-9-21/h6-7,11-12,28H,3-5,8-10,13H2,1-2H3,(H3,22,23,25,26). The number of ether oxygens (including phenoxy) is 1. The van der Waals surface area contributed by atoms with Gasteiger partial charge in [0.25, 0.3) is 0 Å². The van der Waals surface area contributed by atoms with Crippen LogP contribution < -0.4 is 15.8 Å². The van der Waals surface area contributed by atoms with Crippen LogP contribution in [0.25, 0.3) is 11.0 Å². The van der Waals surface area contributed by atoms with Crippen LogP contribution in [0.1, 0.15) is 50.2 Å². The zero-order valence-corrected chi connectivity index (χ0v) is 17.0. The molecule has 1 fully saturated rings. The molecule has 0 saturated heterocycles. The number of aromatic nitrogens is 4. The first-order valence-electron chi connectivity index (χ1n) is 10.2. The number of rotatable bonds is 8. The molecule has 8 nitrogen and oxygen atoms in total. The molecule has 0 amide bonds. The Bertz CT molecular complexity index is 1010. The molecule has 1 aromatic carbocycles. The molecule has 0 radical (unpaired) electrons. The molecule has 0 aliphatic heterocycles. The number of unbranched alkanes of at least 4 members (excludes halogenated alkanes) is 1. The number of nitrogens with one attached hydrogen (secondary N) is 1. The fourth-order valence-corrected chi connectivity index (χ4v) is 3.77. The Balaban J connectivity index is 1.67. The molecule has 154 valence electrons. The molecule has 0 spiro atoms. The van der Waals surface area contributed by atoms with E-state index in [-0.39, 0.29) is 5.95 Å². The van der Waals surface area contributed by atoms with Crippen molar-refractivity contribution in [3.05, 3.63) is 35.5 Å². The number of anilines is 2. The lowest BCUT2D eigenvalue weighted by Crippen LogP contribution is -2.33. The Morgan fingerprint density at radius 3 is 2.83 bits per heavy atom. The van der Waals surface area contributed by atoms with Crippen LogP contribution in [-0.2, 0) is 12.1 Å². The first-order chi connectivity index (χ1) is 14.0. The monoisotopic (exact) mass is 396 g/mol. The van der Waals surface area contributed by atoms with E-state index in [9.17, 15) is 5.11 Å². The minimum absolute atomic E-state index is 0.228. The average molecular weight is 396 g/mol. The van der Waals surface area contributed by atoms with E-state index in [2.05, 4.69) is 27.3 Å². The molecule has 29 heavy (non-hydrogen) atoms. The lowest BCUT2D eigenvalue weighted by Gasteiger charge is -2.37. The molecule has 1 aliphatic rings. The molecule has 0 atom stereocenters. The fourth-order valence-electron chi connectivity index (χ4n) is 3.77. The zero-order valence-electron chi connectivity index (χ0n) is 17.0. The number of fused-ring (bicyclic) bond motifs is 1. The Labute approximate surface area is 170 Å². The minimum atomic E-state index is -0.716. The number of hydrogen-bond donors (Lipinski definition) is 3. The second-order valence-electron chi connectivity index (χ2n) is 7.66. The van der Waals surface area contributed by atoms with Crippen LogP contribution in [0, 0.1) is 0 Å². The van der Waals surface area contributed by atoms with Gasteiger partial charge >= 0.3 is 0 Å². The first kappa shape index (κ1) is 19.4. The van der Waals surface area contributed by atoms with Gasteiger partial charge in [0.1, 0.15) is 16.8 Å². The van der Waals surface area contributed by atoms with Crippen LogP contribution in [0.4, 0.5) is 11.8 Å². The summed E-state index contributed by atoms with van der Waals surface area (Å²) in [4.78, 5) is 8.70. The van der Waals surface area contributed by atoms with Crippen molar-refractivity contribution in [3.8, 4) is 5.75 Å². The van der Waals surface area contributed by atoms with Crippen molar-refractivity contribution in [2.45, 2.75) is 51.2 Å². The number of nitrogen functional groups attached to an aromatic ring is 1. The maximum atomic E-state index is 10.6. The highest BCUT2D eigenvalue weighted by Crippen LogP contribution is 2.42. The quantitative estimate of drug-likeness (QED) is 0.502. The van der Waals surface area contributed by atoms with E-state index in [1.54, 1.807) is 13.3 Å². The maximum Gasteiger partial charge on any atom is 0.222 e. The summed E-state index contributed by atoms with van der Waals surface area (Å²) in [6.07, 6.45) is 6.48. The van der Waals surface area contributed by atoms with Gasteiger partial charge in [-0.15, -0.1) is 0 Å². The smallest absolute Gasteiger partial charge is 0.222 e. The largest absolute Gasteiger partial charge is 0.496 e. The van der Waals surface area contributed by atoms with Gasteiger partial charge in [-0.25, -0.2) is 4.98 Å². The summed E-state index contributed by atoms with van der Waals surface area (Å²) >= 11 is 0. The van der Waals surface area contributed by atoms with Gasteiger partial charge < -0.3 is 20.9 Å². The van der Waals surface area contributed by atoms with E-state index in [1.165, 1.54) is 0 Å². The topological polar surface area (TPSA) is 111 Å². The number of hydrogen-bond acceptors (Lipinski definition) is 7. The van der Waals surface area contributed by atoms with Gasteiger partial charge in [-0.2, -0.15) is 10.1 Å². The summed E-state index contributed by atoms with van der Waals surface area (Å²) < 4.78 is 7.48. The lowest BCUT2D eigenvalue weighted by atomic mass is 9.75. The van der Waals surface area contributed by atoms with Gasteiger partial charge in [0.05, 0.1) is 25.5 Å². The molecule has 0 bridgehead atoms. The minimum Gasteiger partial charge on any atom is -0.496 e.